The van der Waals surface area contributed by atoms with Crippen molar-refractivity contribution < 1.29 is 28.6 Å². The van der Waals surface area contributed by atoms with E-state index in [1.165, 1.54) is 23.3 Å². The van der Waals surface area contributed by atoms with Crippen LogP contribution in [-0.2, 0) is 9.47 Å². The number of ether oxygens (including phenoxy) is 3. The first-order chi connectivity index (χ1) is 20.6. The fourth-order valence-corrected chi connectivity index (χ4v) is 6.17. The number of benzene rings is 2. The number of para-hydroxylation sites is 1. The molecule has 0 bridgehead atoms. The van der Waals surface area contributed by atoms with Crippen molar-refractivity contribution in [2.75, 3.05) is 30.4 Å². The number of nitrogens with zero attached hydrogens (tertiary/aromatic N) is 3. The maximum atomic E-state index is 13.6. The third-order valence-electron chi connectivity index (χ3n) is 7.06. The minimum absolute atomic E-state index is 0.229. The Balaban J connectivity index is 1.24. The fourth-order valence-electron chi connectivity index (χ4n) is 5.15. The molecule has 2 aromatic carbocycles. The van der Waals surface area contributed by atoms with Crippen molar-refractivity contribution in [3.63, 3.8) is 0 Å². The molecule has 2 aliphatic rings. The van der Waals surface area contributed by atoms with Gasteiger partial charge in [-0.3, -0.25) is 9.69 Å². The Morgan fingerprint density at radius 3 is 2.44 bits per heavy atom. The van der Waals surface area contributed by atoms with Crippen LogP contribution >= 0.6 is 11.3 Å². The molecule has 222 valence electrons. The Bertz CT molecular complexity index is 1680. The molecule has 4 amide bonds. The lowest BCUT2D eigenvalue weighted by atomic mass is 10.1. The molecule has 0 radical (unpaired) electrons. The van der Waals surface area contributed by atoms with Gasteiger partial charge in [-0.05, 0) is 63.2 Å². The van der Waals surface area contributed by atoms with Gasteiger partial charge in [-0.2, -0.15) is 0 Å². The summed E-state index contributed by atoms with van der Waals surface area (Å²) in [5.74, 6) is 0.953. The van der Waals surface area contributed by atoms with Crippen LogP contribution in [0.15, 0.2) is 66.9 Å². The van der Waals surface area contributed by atoms with Crippen LogP contribution in [-0.4, -0.2) is 65.9 Å². The summed E-state index contributed by atoms with van der Waals surface area (Å²) >= 11 is 1.19. The second-order valence-electron chi connectivity index (χ2n) is 11.2. The summed E-state index contributed by atoms with van der Waals surface area (Å²) in [6.45, 7) is 5.91. The number of carbonyl (C=O) groups excluding carboxylic acids is 3. The second kappa shape index (κ2) is 11.2. The van der Waals surface area contributed by atoms with Crippen LogP contribution < -0.4 is 20.3 Å². The van der Waals surface area contributed by atoms with E-state index in [0.717, 1.165) is 0 Å². The van der Waals surface area contributed by atoms with Gasteiger partial charge in [0.15, 0.2) is 0 Å². The molecule has 0 spiro atoms. The van der Waals surface area contributed by atoms with E-state index in [1.807, 2.05) is 30.3 Å². The lowest BCUT2D eigenvalue weighted by Gasteiger charge is -2.28. The molecule has 1 saturated heterocycles. The fraction of sp³-hybridized carbons (Fsp3) is 0.290. The van der Waals surface area contributed by atoms with Gasteiger partial charge in [0, 0.05) is 19.9 Å². The molecule has 1 fully saturated rings. The van der Waals surface area contributed by atoms with Crippen molar-refractivity contribution in [2.45, 2.75) is 38.5 Å². The average molecular weight is 602 g/mol. The van der Waals surface area contributed by atoms with E-state index in [4.69, 9.17) is 14.2 Å². The van der Waals surface area contributed by atoms with Crippen molar-refractivity contribution in [3.8, 4) is 11.5 Å². The van der Waals surface area contributed by atoms with E-state index in [0.29, 0.717) is 43.7 Å². The predicted octanol–water partition coefficient (Wildman–Crippen LogP) is 6.14. The lowest BCUT2D eigenvalue weighted by Crippen LogP contribution is -2.44. The Hall–Kier alpha value is -4.68. The van der Waals surface area contributed by atoms with Gasteiger partial charge in [0.05, 0.1) is 41.1 Å². The smallest absolute Gasteiger partial charge is 0.410 e. The molecule has 4 aromatic rings. The minimum atomic E-state index is -0.643. The number of aromatic nitrogens is 1. The molecule has 2 atom stereocenters. The van der Waals surface area contributed by atoms with Gasteiger partial charge in [0.1, 0.15) is 26.8 Å². The normalized spacial score (nSPS) is 18.0. The molecule has 0 aliphatic carbocycles. The maximum Gasteiger partial charge on any atom is 0.410 e. The standard InChI is InChI=1S/C31H31N5O6S/c1-31(2,3)42-30(39)35-16-21(23(17-35)40-4)33-27(37)26-25-24-22(14-15-32-28(24)43-26)36(29(38)34-25)18-10-12-20(13-11-18)41-19-8-6-5-7-9-19/h5-15,21,23H,16-17H2,1-4H3,(H,33,37)(H,34,38)/t21?,23-/m0/s1. The number of thiophene rings is 1. The summed E-state index contributed by atoms with van der Waals surface area (Å²) in [5, 5.41) is 6.58. The first-order valence-corrected chi connectivity index (χ1v) is 14.6. The zero-order chi connectivity index (χ0) is 30.3. The van der Waals surface area contributed by atoms with Crippen LogP contribution in [0.4, 0.5) is 26.7 Å². The van der Waals surface area contributed by atoms with Gasteiger partial charge in [0.2, 0.25) is 0 Å². The highest BCUT2D eigenvalue weighted by atomic mass is 32.1. The lowest BCUT2D eigenvalue weighted by molar-refractivity contribution is 0.0252. The summed E-state index contributed by atoms with van der Waals surface area (Å²) in [4.78, 5) is 48.2. The SMILES string of the molecule is CO[C@H]1CN(C(=O)OC(C)(C)C)CC1NC(=O)c1sc2nccc3c2c1NC(=O)N3c1ccc(Oc2ccccc2)cc1. The molecular formula is C31H31N5O6S. The van der Waals surface area contributed by atoms with Gasteiger partial charge in [0.25, 0.3) is 5.91 Å². The van der Waals surface area contributed by atoms with Crippen LogP contribution in [0.25, 0.3) is 10.2 Å². The van der Waals surface area contributed by atoms with E-state index in [1.54, 1.807) is 62.2 Å². The molecule has 0 saturated carbocycles. The number of amides is 4. The number of carbonyl (C=O) groups is 3. The zero-order valence-electron chi connectivity index (χ0n) is 24.1. The molecule has 2 N–H and O–H groups in total. The highest BCUT2D eigenvalue weighted by Crippen LogP contribution is 2.46. The van der Waals surface area contributed by atoms with Crippen LogP contribution in [0, 0.1) is 0 Å². The average Bonchev–Trinajstić information content (AvgIpc) is 3.56. The van der Waals surface area contributed by atoms with E-state index >= 15 is 0 Å². The van der Waals surface area contributed by atoms with E-state index < -0.39 is 35.8 Å². The predicted molar refractivity (Wildman–Crippen MR) is 164 cm³/mol. The van der Waals surface area contributed by atoms with Crippen LogP contribution in [0.1, 0.15) is 30.4 Å². The highest BCUT2D eigenvalue weighted by Gasteiger charge is 2.40. The highest BCUT2D eigenvalue weighted by molar-refractivity contribution is 7.21. The largest absolute Gasteiger partial charge is 0.457 e. The Labute approximate surface area is 252 Å². The summed E-state index contributed by atoms with van der Waals surface area (Å²) in [5.41, 5.74) is 1.00. The first-order valence-electron chi connectivity index (χ1n) is 13.8. The maximum absolute atomic E-state index is 13.6. The van der Waals surface area contributed by atoms with Crippen LogP contribution in [0.2, 0.25) is 0 Å². The van der Waals surface area contributed by atoms with Gasteiger partial charge in [-0.1, -0.05) is 18.2 Å². The van der Waals surface area contributed by atoms with Gasteiger partial charge < -0.3 is 29.7 Å². The van der Waals surface area contributed by atoms with Crippen LogP contribution in [0.3, 0.4) is 0 Å². The number of hydrogen-bond donors (Lipinski definition) is 2. The molecule has 2 aromatic heterocycles. The number of rotatable bonds is 6. The first kappa shape index (κ1) is 28.4. The Morgan fingerprint density at radius 2 is 1.74 bits per heavy atom. The number of urea groups is 1. The molecule has 1 unspecified atom stereocenters. The molecule has 4 heterocycles. The summed E-state index contributed by atoms with van der Waals surface area (Å²) in [7, 11) is 1.54. The third-order valence-corrected chi connectivity index (χ3v) is 8.16. The minimum Gasteiger partial charge on any atom is -0.457 e. The molecule has 12 heteroatoms. The molecule has 6 rings (SSSR count). The number of anilines is 3. The quantitative estimate of drug-likeness (QED) is 0.272. The van der Waals surface area contributed by atoms with Crippen LogP contribution in [0.5, 0.6) is 11.5 Å². The second-order valence-corrected chi connectivity index (χ2v) is 12.2. The Morgan fingerprint density at radius 1 is 1.02 bits per heavy atom. The Kier molecular flexibility index (Phi) is 7.40. The molecule has 43 heavy (non-hydrogen) atoms. The number of methoxy groups -OCH3 is 1. The molecular weight excluding hydrogens is 570 g/mol. The monoisotopic (exact) mass is 601 g/mol. The number of nitrogens with one attached hydrogen (secondary N) is 2. The van der Waals surface area contributed by atoms with Crippen molar-refractivity contribution in [1.82, 2.24) is 15.2 Å². The van der Waals surface area contributed by atoms with E-state index in [9.17, 15) is 14.4 Å². The molecule has 2 aliphatic heterocycles. The van der Waals surface area contributed by atoms with Gasteiger partial charge in [-0.25, -0.2) is 14.6 Å². The summed E-state index contributed by atoms with van der Waals surface area (Å²) in [6.07, 6.45) is 0.730. The third kappa shape index (κ3) is 5.71. The number of likely N-dealkylation sites (tertiary alicyclic amines) is 1. The number of pyridine rings is 1. The van der Waals surface area contributed by atoms with E-state index in [2.05, 4.69) is 15.6 Å². The van der Waals surface area contributed by atoms with Crippen molar-refractivity contribution in [2.24, 2.45) is 0 Å². The topological polar surface area (TPSA) is 122 Å². The zero-order valence-corrected chi connectivity index (χ0v) is 24.9. The van der Waals surface area contributed by atoms with Crippen molar-refractivity contribution >= 4 is 56.6 Å². The number of hydrogen-bond acceptors (Lipinski definition) is 8. The van der Waals surface area contributed by atoms with Gasteiger partial charge >= 0.3 is 12.1 Å². The van der Waals surface area contributed by atoms with Crippen molar-refractivity contribution in [3.05, 3.63) is 71.7 Å². The summed E-state index contributed by atoms with van der Waals surface area (Å²) in [6, 6.07) is 17.5. The summed E-state index contributed by atoms with van der Waals surface area (Å²) < 4.78 is 17.0. The van der Waals surface area contributed by atoms with Gasteiger partial charge in [-0.15, -0.1) is 11.3 Å². The van der Waals surface area contributed by atoms with E-state index in [-0.39, 0.29) is 13.1 Å². The van der Waals surface area contributed by atoms with Crippen molar-refractivity contribution in [1.29, 1.82) is 0 Å². The molecule has 11 nitrogen and oxygen atoms in total.